The van der Waals surface area contributed by atoms with Crippen molar-refractivity contribution in [3.05, 3.63) is 52.9 Å². The average Bonchev–Trinajstić information content (AvgIpc) is 2.62. The molecule has 0 aliphatic carbocycles. The van der Waals surface area contributed by atoms with Gasteiger partial charge in [0.05, 0.1) is 15.7 Å². The molecule has 2 rings (SSSR count). The summed E-state index contributed by atoms with van der Waals surface area (Å²) in [5.41, 5.74) is 3.63. The summed E-state index contributed by atoms with van der Waals surface area (Å²) in [6.45, 7) is 6.38. The van der Waals surface area contributed by atoms with Crippen molar-refractivity contribution in [2.24, 2.45) is 0 Å². The van der Waals surface area contributed by atoms with E-state index in [1.165, 1.54) is 0 Å². The third-order valence-electron chi connectivity index (χ3n) is 2.84. The Labute approximate surface area is 115 Å². The zero-order chi connectivity index (χ0) is 13.1. The van der Waals surface area contributed by atoms with Gasteiger partial charge in [-0.3, -0.25) is 4.98 Å². The fraction of sp³-hybridized carbons (Fsp3) is 0.143. The highest BCUT2D eigenvalue weighted by Crippen LogP contribution is 2.35. The van der Waals surface area contributed by atoms with Crippen LogP contribution in [0.3, 0.4) is 0 Å². The summed E-state index contributed by atoms with van der Waals surface area (Å²) < 4.78 is 2.90. The van der Waals surface area contributed by atoms with Gasteiger partial charge in [-0.05, 0) is 35.0 Å². The molecule has 0 aliphatic heterocycles. The molecule has 0 bridgehead atoms. The summed E-state index contributed by atoms with van der Waals surface area (Å²) in [5.74, 6) is 0. The number of nitriles is 1. The van der Waals surface area contributed by atoms with Crippen molar-refractivity contribution < 1.29 is 0 Å². The molecule has 0 aromatic carbocycles. The van der Waals surface area contributed by atoms with Gasteiger partial charge in [0.2, 0.25) is 0 Å². The van der Waals surface area contributed by atoms with Gasteiger partial charge in [-0.2, -0.15) is 5.26 Å². The number of rotatable bonds is 3. The summed E-state index contributed by atoms with van der Waals surface area (Å²) in [5, 5.41) is 9.22. The first kappa shape index (κ1) is 12.6. The third-order valence-corrected chi connectivity index (χ3v) is 3.61. The van der Waals surface area contributed by atoms with Crippen LogP contribution in [0.2, 0.25) is 0 Å². The molecule has 0 radical (unpaired) electrons. The first-order chi connectivity index (χ1) is 8.70. The second-order valence-electron chi connectivity index (χ2n) is 3.87. The van der Waals surface area contributed by atoms with Crippen LogP contribution in [0.15, 0.2) is 41.7 Å². The van der Waals surface area contributed by atoms with Crippen molar-refractivity contribution in [3.63, 3.8) is 0 Å². The van der Waals surface area contributed by atoms with Gasteiger partial charge in [0.1, 0.15) is 6.07 Å². The maximum Gasteiger partial charge on any atom is 0.102 e. The van der Waals surface area contributed by atoms with Crippen molar-refractivity contribution in [1.82, 2.24) is 9.55 Å². The van der Waals surface area contributed by atoms with Crippen LogP contribution in [0.1, 0.15) is 11.3 Å². The summed E-state index contributed by atoms with van der Waals surface area (Å²) in [4.78, 5) is 4.02. The molecule has 2 aromatic heterocycles. The van der Waals surface area contributed by atoms with E-state index in [4.69, 9.17) is 0 Å². The van der Waals surface area contributed by atoms with Crippen LogP contribution in [0.5, 0.6) is 0 Å². The molecule has 18 heavy (non-hydrogen) atoms. The minimum atomic E-state index is 0.670. The first-order valence-corrected chi connectivity index (χ1v) is 6.30. The molecule has 0 saturated carbocycles. The van der Waals surface area contributed by atoms with E-state index in [-0.39, 0.29) is 0 Å². The Hall–Kier alpha value is -1.86. The molecule has 90 valence electrons. The van der Waals surface area contributed by atoms with Crippen LogP contribution < -0.4 is 0 Å². The molecule has 0 spiro atoms. The second-order valence-corrected chi connectivity index (χ2v) is 4.66. The monoisotopic (exact) mass is 301 g/mol. The minimum Gasteiger partial charge on any atom is -0.339 e. The molecule has 0 saturated heterocycles. The zero-order valence-corrected chi connectivity index (χ0v) is 11.6. The molecule has 2 aromatic rings. The van der Waals surface area contributed by atoms with Crippen LogP contribution in [0, 0.1) is 18.3 Å². The lowest BCUT2D eigenvalue weighted by atomic mass is 10.2. The number of hydrogen-bond donors (Lipinski definition) is 0. The van der Waals surface area contributed by atoms with E-state index in [0.717, 1.165) is 21.4 Å². The first-order valence-electron chi connectivity index (χ1n) is 5.50. The number of halogens is 1. The van der Waals surface area contributed by atoms with E-state index in [1.54, 1.807) is 12.4 Å². The van der Waals surface area contributed by atoms with E-state index >= 15 is 0 Å². The summed E-state index contributed by atoms with van der Waals surface area (Å²) in [6, 6.07) is 6.10. The topological polar surface area (TPSA) is 41.6 Å². The van der Waals surface area contributed by atoms with Gasteiger partial charge in [0.15, 0.2) is 0 Å². The lowest BCUT2D eigenvalue weighted by Crippen LogP contribution is -2.00. The van der Waals surface area contributed by atoms with Crippen LogP contribution in [-0.4, -0.2) is 9.55 Å². The highest BCUT2D eigenvalue weighted by atomic mass is 79.9. The van der Waals surface area contributed by atoms with Crippen molar-refractivity contribution in [1.29, 1.82) is 5.26 Å². The molecule has 2 heterocycles. The van der Waals surface area contributed by atoms with Crippen molar-refractivity contribution in [2.75, 3.05) is 0 Å². The fourth-order valence-electron chi connectivity index (χ4n) is 1.98. The van der Waals surface area contributed by atoms with E-state index in [0.29, 0.717) is 12.1 Å². The standard InChI is InChI=1S/C14H12BrN3/c1-3-8-18-10(2)12(9-16)13(15)14(18)11-4-6-17-7-5-11/h3-7H,1,8H2,2H3. The highest BCUT2D eigenvalue weighted by molar-refractivity contribution is 9.10. The molecular formula is C14H12BrN3. The maximum absolute atomic E-state index is 9.22. The molecule has 0 aliphatic rings. The van der Waals surface area contributed by atoms with Crippen LogP contribution >= 0.6 is 15.9 Å². The van der Waals surface area contributed by atoms with Gasteiger partial charge in [-0.15, -0.1) is 6.58 Å². The van der Waals surface area contributed by atoms with Crippen LogP contribution in [0.25, 0.3) is 11.3 Å². The molecular weight excluding hydrogens is 290 g/mol. The van der Waals surface area contributed by atoms with Gasteiger partial charge in [0, 0.05) is 30.2 Å². The van der Waals surface area contributed by atoms with Crippen molar-refractivity contribution >= 4 is 15.9 Å². The Morgan fingerprint density at radius 1 is 1.50 bits per heavy atom. The predicted molar refractivity (Wildman–Crippen MR) is 75.0 cm³/mol. The second kappa shape index (κ2) is 5.19. The SMILES string of the molecule is C=CCn1c(C)c(C#N)c(Br)c1-c1ccncc1. The average molecular weight is 302 g/mol. The molecule has 0 N–H and O–H groups in total. The lowest BCUT2D eigenvalue weighted by molar-refractivity contribution is 0.804. The predicted octanol–water partition coefficient (Wildman–Crippen LogP) is 3.68. The van der Waals surface area contributed by atoms with Crippen LogP contribution in [0.4, 0.5) is 0 Å². The largest absolute Gasteiger partial charge is 0.339 e. The number of pyridine rings is 1. The lowest BCUT2D eigenvalue weighted by Gasteiger charge is -2.09. The Balaban J connectivity index is 2.74. The van der Waals surface area contributed by atoms with Crippen molar-refractivity contribution in [3.8, 4) is 17.3 Å². The molecule has 4 heteroatoms. The van der Waals surface area contributed by atoms with Gasteiger partial charge in [-0.25, -0.2) is 0 Å². The van der Waals surface area contributed by atoms with E-state index < -0.39 is 0 Å². The Bertz CT molecular complexity index is 621. The number of allylic oxidation sites excluding steroid dienone is 1. The fourth-order valence-corrected chi connectivity index (χ4v) is 2.80. The summed E-state index contributed by atoms with van der Waals surface area (Å²) in [7, 11) is 0. The van der Waals surface area contributed by atoms with Crippen molar-refractivity contribution in [2.45, 2.75) is 13.5 Å². The summed E-state index contributed by atoms with van der Waals surface area (Å²) >= 11 is 3.52. The van der Waals surface area contributed by atoms with E-state index in [2.05, 4.69) is 38.1 Å². The Kier molecular flexibility index (Phi) is 3.63. The van der Waals surface area contributed by atoms with Gasteiger partial charge < -0.3 is 4.57 Å². The normalized spacial score (nSPS) is 10.1. The van der Waals surface area contributed by atoms with Gasteiger partial charge >= 0.3 is 0 Å². The summed E-state index contributed by atoms with van der Waals surface area (Å²) in [6.07, 6.45) is 5.31. The maximum atomic E-state index is 9.22. The zero-order valence-electron chi connectivity index (χ0n) is 10.0. The Morgan fingerprint density at radius 3 is 2.72 bits per heavy atom. The van der Waals surface area contributed by atoms with Gasteiger partial charge in [-0.1, -0.05) is 6.08 Å². The highest BCUT2D eigenvalue weighted by Gasteiger charge is 2.18. The molecule has 0 atom stereocenters. The number of nitrogens with zero attached hydrogens (tertiary/aromatic N) is 3. The third kappa shape index (κ3) is 1.98. The Morgan fingerprint density at radius 2 is 2.17 bits per heavy atom. The van der Waals surface area contributed by atoms with Crippen LogP contribution in [-0.2, 0) is 6.54 Å². The molecule has 3 nitrogen and oxygen atoms in total. The number of aromatic nitrogens is 2. The van der Waals surface area contributed by atoms with E-state index in [1.807, 2.05) is 25.1 Å². The minimum absolute atomic E-state index is 0.670. The molecule has 0 unspecified atom stereocenters. The molecule has 0 fully saturated rings. The smallest absolute Gasteiger partial charge is 0.102 e. The van der Waals surface area contributed by atoms with Gasteiger partial charge in [0.25, 0.3) is 0 Å². The molecule has 0 amide bonds. The van der Waals surface area contributed by atoms with E-state index in [9.17, 15) is 5.26 Å². The number of hydrogen-bond acceptors (Lipinski definition) is 2. The quantitative estimate of drug-likeness (QED) is 0.812.